The number of carboxylic acid groups (broad SMARTS) is 1. The molecule has 0 radical (unpaired) electrons. The second-order valence-corrected chi connectivity index (χ2v) is 12.7. The largest absolute Gasteiger partial charge is 0.493 e. The van der Waals surface area contributed by atoms with Crippen LogP contribution in [-0.4, -0.2) is 57.4 Å². The van der Waals surface area contributed by atoms with Crippen LogP contribution < -0.4 is 19.7 Å². The zero-order chi connectivity index (χ0) is 32.2. The Balaban J connectivity index is 1.60. The number of amides is 1. The van der Waals surface area contributed by atoms with E-state index < -0.39 is 51.8 Å². The van der Waals surface area contributed by atoms with Crippen LogP contribution in [0.2, 0.25) is 0 Å². The van der Waals surface area contributed by atoms with E-state index in [0.717, 1.165) is 24.0 Å². The van der Waals surface area contributed by atoms with Gasteiger partial charge < -0.3 is 20.1 Å². The lowest BCUT2D eigenvalue weighted by atomic mass is 9.99. The molecule has 0 bridgehead atoms. The van der Waals surface area contributed by atoms with Crippen LogP contribution in [0.3, 0.4) is 0 Å². The monoisotopic (exact) mass is 633 g/mol. The van der Waals surface area contributed by atoms with Crippen LogP contribution in [0, 0.1) is 13.8 Å². The van der Waals surface area contributed by atoms with Gasteiger partial charge in [0, 0.05) is 36.8 Å². The first-order valence-electron chi connectivity index (χ1n) is 13.9. The van der Waals surface area contributed by atoms with Crippen molar-refractivity contribution in [2.45, 2.75) is 45.3 Å². The molecule has 3 aromatic rings. The Kier molecular flexibility index (Phi) is 9.89. The number of ether oxygens (including phenoxy) is 1. The SMILES string of the molecule is Cc1cc(OCCc2ccccc2)cc(C)c1C(=O)Nc1cc(CC(=O)O)c(N2CCC(NS(C)(=O)=O)C2)cc1C(F)(F)F. The molecule has 236 valence electrons. The van der Waals surface area contributed by atoms with Gasteiger partial charge in [-0.2, -0.15) is 13.2 Å². The van der Waals surface area contributed by atoms with E-state index in [1.54, 1.807) is 26.0 Å². The van der Waals surface area contributed by atoms with Gasteiger partial charge in [-0.25, -0.2) is 13.1 Å². The van der Waals surface area contributed by atoms with Gasteiger partial charge in [-0.1, -0.05) is 30.3 Å². The molecule has 1 unspecified atom stereocenters. The summed E-state index contributed by atoms with van der Waals surface area (Å²) in [5.41, 5.74) is 0.605. The molecule has 0 aromatic heterocycles. The molecule has 0 aliphatic carbocycles. The summed E-state index contributed by atoms with van der Waals surface area (Å²) in [4.78, 5) is 26.6. The molecule has 1 heterocycles. The molecule has 4 rings (SSSR count). The lowest BCUT2D eigenvalue weighted by Crippen LogP contribution is -2.36. The van der Waals surface area contributed by atoms with E-state index in [9.17, 15) is 36.3 Å². The average molecular weight is 634 g/mol. The van der Waals surface area contributed by atoms with Crippen molar-refractivity contribution >= 4 is 33.3 Å². The third-order valence-corrected chi connectivity index (χ3v) is 8.02. The molecule has 0 saturated carbocycles. The fourth-order valence-corrected chi connectivity index (χ4v) is 6.23. The summed E-state index contributed by atoms with van der Waals surface area (Å²) < 4.78 is 74.6. The number of halogens is 3. The molecule has 44 heavy (non-hydrogen) atoms. The lowest BCUT2D eigenvalue weighted by Gasteiger charge is -2.25. The van der Waals surface area contributed by atoms with Crippen molar-refractivity contribution in [3.05, 3.63) is 88.0 Å². The van der Waals surface area contributed by atoms with Crippen LogP contribution in [0.1, 0.15) is 44.6 Å². The van der Waals surface area contributed by atoms with Crippen molar-refractivity contribution in [2.75, 3.05) is 36.2 Å². The zero-order valence-electron chi connectivity index (χ0n) is 24.5. The number of alkyl halides is 3. The summed E-state index contributed by atoms with van der Waals surface area (Å²) in [7, 11) is -3.55. The van der Waals surface area contributed by atoms with Gasteiger partial charge in [0.2, 0.25) is 10.0 Å². The van der Waals surface area contributed by atoms with Crippen LogP contribution >= 0.6 is 0 Å². The predicted octanol–water partition coefficient (Wildman–Crippen LogP) is 4.95. The van der Waals surface area contributed by atoms with Crippen molar-refractivity contribution < 1.29 is 41.0 Å². The van der Waals surface area contributed by atoms with E-state index in [1.165, 1.54) is 4.90 Å². The lowest BCUT2D eigenvalue weighted by molar-refractivity contribution is -0.137. The first-order valence-corrected chi connectivity index (χ1v) is 15.8. The van der Waals surface area contributed by atoms with Gasteiger partial charge in [0.05, 0.1) is 30.5 Å². The number of carbonyl (C=O) groups is 2. The van der Waals surface area contributed by atoms with Gasteiger partial charge in [0.15, 0.2) is 0 Å². The number of aryl methyl sites for hydroxylation is 2. The van der Waals surface area contributed by atoms with E-state index in [0.29, 0.717) is 36.3 Å². The average Bonchev–Trinajstić information content (AvgIpc) is 3.34. The highest BCUT2D eigenvalue weighted by Gasteiger charge is 2.37. The highest BCUT2D eigenvalue weighted by Crippen LogP contribution is 2.40. The molecule has 1 aliphatic rings. The third kappa shape index (κ3) is 8.50. The quantitative estimate of drug-likeness (QED) is 0.273. The molecular weight excluding hydrogens is 599 g/mol. The molecule has 0 spiro atoms. The topological polar surface area (TPSA) is 125 Å². The Morgan fingerprint density at radius 2 is 1.73 bits per heavy atom. The van der Waals surface area contributed by atoms with E-state index in [-0.39, 0.29) is 29.9 Å². The summed E-state index contributed by atoms with van der Waals surface area (Å²) >= 11 is 0. The smallest absolute Gasteiger partial charge is 0.418 e. The van der Waals surface area contributed by atoms with Crippen LogP contribution in [0.4, 0.5) is 24.5 Å². The summed E-state index contributed by atoms with van der Waals surface area (Å²) in [5, 5.41) is 11.9. The molecule has 13 heteroatoms. The summed E-state index contributed by atoms with van der Waals surface area (Å²) in [6.07, 6.45) is -3.51. The molecule has 1 amide bonds. The van der Waals surface area contributed by atoms with Crippen LogP contribution in [0.15, 0.2) is 54.6 Å². The fraction of sp³-hybridized carbons (Fsp3) is 0.355. The van der Waals surface area contributed by atoms with Gasteiger partial charge in [-0.15, -0.1) is 0 Å². The van der Waals surface area contributed by atoms with E-state index in [1.807, 2.05) is 30.3 Å². The number of hydrogen-bond donors (Lipinski definition) is 3. The van der Waals surface area contributed by atoms with Crippen molar-refractivity contribution in [2.24, 2.45) is 0 Å². The van der Waals surface area contributed by atoms with Gasteiger partial charge in [-0.3, -0.25) is 9.59 Å². The fourth-order valence-electron chi connectivity index (χ4n) is 5.43. The minimum atomic E-state index is -4.89. The number of aliphatic carboxylic acids is 1. The Morgan fingerprint density at radius 3 is 2.32 bits per heavy atom. The predicted molar refractivity (Wildman–Crippen MR) is 161 cm³/mol. The number of sulfonamides is 1. The molecule has 1 fully saturated rings. The number of rotatable bonds is 11. The number of benzene rings is 3. The Bertz CT molecular complexity index is 1620. The van der Waals surface area contributed by atoms with Gasteiger partial charge in [-0.05, 0) is 66.8 Å². The number of anilines is 2. The molecule has 1 aliphatic heterocycles. The number of carboxylic acids is 1. The van der Waals surface area contributed by atoms with Crippen molar-refractivity contribution in [3.8, 4) is 5.75 Å². The zero-order valence-corrected chi connectivity index (χ0v) is 25.3. The Labute approximate surface area is 254 Å². The Hall–Kier alpha value is -4.10. The number of hydrogen-bond acceptors (Lipinski definition) is 6. The van der Waals surface area contributed by atoms with Gasteiger partial charge in [0.1, 0.15) is 5.75 Å². The minimum absolute atomic E-state index is 0.0138. The van der Waals surface area contributed by atoms with Gasteiger partial charge >= 0.3 is 12.1 Å². The summed E-state index contributed by atoms with van der Waals surface area (Å²) in [6, 6.07) is 14.3. The molecule has 1 saturated heterocycles. The van der Waals surface area contributed by atoms with Crippen LogP contribution in [0.5, 0.6) is 5.75 Å². The number of nitrogens with zero attached hydrogens (tertiary/aromatic N) is 1. The first-order chi connectivity index (χ1) is 20.6. The minimum Gasteiger partial charge on any atom is -0.493 e. The molecule has 3 aromatic carbocycles. The van der Waals surface area contributed by atoms with Crippen molar-refractivity contribution in [3.63, 3.8) is 0 Å². The van der Waals surface area contributed by atoms with Crippen LogP contribution in [0.25, 0.3) is 0 Å². The highest BCUT2D eigenvalue weighted by molar-refractivity contribution is 7.88. The van der Waals surface area contributed by atoms with Crippen molar-refractivity contribution in [1.82, 2.24) is 4.72 Å². The van der Waals surface area contributed by atoms with E-state index in [2.05, 4.69) is 10.0 Å². The maximum atomic E-state index is 14.3. The standard InChI is InChI=1S/C31H34F3N3O6S/c1-19-13-24(43-12-10-21-7-5-4-6-8-21)14-20(2)29(19)30(40)35-26-15-22(16-28(38)39)27(17-25(26)31(32,33)34)37-11-9-23(18-37)36-44(3,41)42/h4-8,13-15,17,23,36H,9-12,16,18H2,1-3H3,(H,35,40)(H,38,39). The summed E-state index contributed by atoms with van der Waals surface area (Å²) in [6.45, 7) is 3.97. The normalized spacial score (nSPS) is 15.3. The van der Waals surface area contributed by atoms with E-state index >= 15 is 0 Å². The summed E-state index contributed by atoms with van der Waals surface area (Å²) in [5.74, 6) is -1.54. The third-order valence-electron chi connectivity index (χ3n) is 7.26. The highest BCUT2D eigenvalue weighted by atomic mass is 32.2. The van der Waals surface area contributed by atoms with Gasteiger partial charge in [0.25, 0.3) is 5.91 Å². The van der Waals surface area contributed by atoms with E-state index in [4.69, 9.17) is 4.74 Å². The molecule has 3 N–H and O–H groups in total. The second-order valence-electron chi connectivity index (χ2n) is 10.9. The Morgan fingerprint density at radius 1 is 1.07 bits per heavy atom. The maximum absolute atomic E-state index is 14.3. The molecule has 1 atom stereocenters. The van der Waals surface area contributed by atoms with Crippen molar-refractivity contribution in [1.29, 1.82) is 0 Å². The number of carbonyl (C=O) groups excluding carboxylic acids is 1. The van der Waals surface area contributed by atoms with Crippen LogP contribution in [-0.2, 0) is 33.8 Å². The molecular formula is C31H34F3N3O6S. The molecule has 9 nitrogen and oxygen atoms in total. The first kappa shape index (κ1) is 32.8. The maximum Gasteiger partial charge on any atom is 0.418 e. The second kappa shape index (κ2) is 13.3. The number of nitrogens with one attached hydrogen (secondary N) is 2.